The first kappa shape index (κ1) is 25.6. The Balaban J connectivity index is 1.37. The van der Waals surface area contributed by atoms with Crippen LogP contribution in [0, 0.1) is 0 Å². The summed E-state index contributed by atoms with van der Waals surface area (Å²) in [6.07, 6.45) is 2.54. The lowest BCUT2D eigenvalue weighted by molar-refractivity contribution is 0.0376. The van der Waals surface area contributed by atoms with Crippen LogP contribution in [0.25, 0.3) is 10.2 Å². The zero-order chi connectivity index (χ0) is 25.1. The van der Waals surface area contributed by atoms with Gasteiger partial charge < -0.3 is 4.74 Å². The molecular weight excluding hydrogens is 520 g/mol. The Morgan fingerprint density at radius 3 is 2.50 bits per heavy atom. The minimum Gasteiger partial charge on any atom is -0.379 e. The maximum atomic E-state index is 13.7. The summed E-state index contributed by atoms with van der Waals surface area (Å²) >= 11 is 7.59. The lowest BCUT2D eigenvalue weighted by Gasteiger charge is -2.27. The summed E-state index contributed by atoms with van der Waals surface area (Å²) in [6.45, 7) is 5.68. The molecule has 0 unspecified atom stereocenters. The number of ether oxygens (including phenoxy) is 1. The zero-order valence-corrected chi connectivity index (χ0v) is 22.3. The molecule has 0 aliphatic carbocycles. The quantitative estimate of drug-likeness (QED) is 0.421. The van der Waals surface area contributed by atoms with Crippen LogP contribution in [0.4, 0.5) is 5.13 Å². The van der Waals surface area contributed by atoms with E-state index in [-0.39, 0.29) is 10.8 Å². The number of carbonyl (C=O) groups is 1. The number of hydrogen-bond donors (Lipinski definition) is 0. The molecule has 0 atom stereocenters. The number of amides is 1. The van der Waals surface area contributed by atoms with Gasteiger partial charge in [-0.3, -0.25) is 14.6 Å². The first-order valence-corrected chi connectivity index (χ1v) is 14.8. The number of fused-ring (bicyclic) bond motifs is 1. The third-order valence-electron chi connectivity index (χ3n) is 6.58. The highest BCUT2D eigenvalue weighted by molar-refractivity contribution is 7.89. The SMILES string of the molecule is O=C(c1ccc(S(=O)(=O)N2CCCC2)cc1)N(CCCN1CCOCC1)c1nc2ccc(Cl)cc2s1. The molecular formula is C25H29ClN4O4S2. The molecule has 11 heteroatoms. The number of rotatable bonds is 8. The van der Waals surface area contributed by atoms with Gasteiger partial charge in [-0.15, -0.1) is 0 Å². The van der Waals surface area contributed by atoms with Gasteiger partial charge >= 0.3 is 0 Å². The Hall–Kier alpha value is -2.08. The summed E-state index contributed by atoms with van der Waals surface area (Å²) in [7, 11) is -3.53. The number of anilines is 1. The van der Waals surface area contributed by atoms with Gasteiger partial charge in [-0.25, -0.2) is 13.4 Å². The van der Waals surface area contributed by atoms with Gasteiger partial charge in [0.1, 0.15) is 0 Å². The topological polar surface area (TPSA) is 83.1 Å². The van der Waals surface area contributed by atoms with Crippen molar-refractivity contribution < 1.29 is 17.9 Å². The standard InChI is InChI=1S/C25H29ClN4O4S2/c26-20-6-9-22-23(18-20)35-25(27-22)30(13-3-10-28-14-16-34-17-15-28)24(31)19-4-7-21(8-5-19)36(32,33)29-11-1-2-12-29/h4-9,18H,1-3,10-17H2. The molecule has 0 radical (unpaired) electrons. The molecule has 0 spiro atoms. The predicted molar refractivity (Wildman–Crippen MR) is 143 cm³/mol. The van der Waals surface area contributed by atoms with E-state index in [1.807, 2.05) is 12.1 Å². The predicted octanol–water partition coefficient (Wildman–Crippen LogP) is 4.10. The molecule has 2 aromatic carbocycles. The summed E-state index contributed by atoms with van der Waals surface area (Å²) in [4.78, 5) is 22.6. The van der Waals surface area contributed by atoms with E-state index in [4.69, 9.17) is 21.3 Å². The number of benzene rings is 2. The van der Waals surface area contributed by atoms with Gasteiger partial charge in [-0.1, -0.05) is 22.9 Å². The summed E-state index contributed by atoms with van der Waals surface area (Å²) in [6, 6.07) is 11.8. The molecule has 2 aliphatic rings. The van der Waals surface area contributed by atoms with Crippen molar-refractivity contribution >= 4 is 54.2 Å². The van der Waals surface area contributed by atoms with Crippen molar-refractivity contribution in [3.8, 4) is 0 Å². The molecule has 2 saturated heterocycles. The van der Waals surface area contributed by atoms with Crippen LogP contribution in [0.15, 0.2) is 47.4 Å². The van der Waals surface area contributed by atoms with E-state index in [0.717, 1.165) is 62.3 Å². The number of thiazole rings is 1. The van der Waals surface area contributed by atoms with Crippen molar-refractivity contribution in [2.45, 2.75) is 24.2 Å². The number of halogens is 1. The average Bonchev–Trinajstić information content (AvgIpc) is 3.58. The first-order valence-electron chi connectivity index (χ1n) is 12.2. The minimum absolute atomic E-state index is 0.202. The highest BCUT2D eigenvalue weighted by Crippen LogP contribution is 2.32. The molecule has 1 amide bonds. The Morgan fingerprint density at radius 1 is 1.06 bits per heavy atom. The van der Waals surface area contributed by atoms with Crippen molar-refractivity contribution in [2.24, 2.45) is 0 Å². The molecule has 2 fully saturated rings. The van der Waals surface area contributed by atoms with E-state index in [1.54, 1.807) is 23.1 Å². The summed E-state index contributed by atoms with van der Waals surface area (Å²) in [5, 5.41) is 1.23. The molecule has 0 saturated carbocycles. The van der Waals surface area contributed by atoms with Crippen molar-refractivity contribution in [1.29, 1.82) is 0 Å². The number of morpholine rings is 1. The van der Waals surface area contributed by atoms with Crippen LogP contribution in [0.5, 0.6) is 0 Å². The normalized spacial score (nSPS) is 17.6. The molecule has 3 aromatic rings. The number of aromatic nitrogens is 1. The minimum atomic E-state index is -3.53. The van der Waals surface area contributed by atoms with E-state index < -0.39 is 10.0 Å². The highest BCUT2D eigenvalue weighted by Gasteiger charge is 2.28. The molecule has 192 valence electrons. The van der Waals surface area contributed by atoms with E-state index in [1.165, 1.54) is 27.8 Å². The monoisotopic (exact) mass is 548 g/mol. The van der Waals surface area contributed by atoms with Crippen LogP contribution in [-0.4, -0.2) is 81.0 Å². The van der Waals surface area contributed by atoms with Crippen LogP contribution >= 0.6 is 22.9 Å². The van der Waals surface area contributed by atoms with Crippen molar-refractivity contribution in [2.75, 3.05) is 57.4 Å². The third-order valence-corrected chi connectivity index (χ3v) is 9.77. The smallest absolute Gasteiger partial charge is 0.260 e. The highest BCUT2D eigenvalue weighted by atomic mass is 35.5. The van der Waals surface area contributed by atoms with Gasteiger partial charge in [-0.2, -0.15) is 4.31 Å². The second-order valence-corrected chi connectivity index (χ2v) is 12.4. The molecule has 5 rings (SSSR count). The number of hydrogen-bond acceptors (Lipinski definition) is 7. The van der Waals surface area contributed by atoms with Crippen molar-refractivity contribution in [3.63, 3.8) is 0 Å². The van der Waals surface area contributed by atoms with Gasteiger partial charge in [0.05, 0.1) is 28.3 Å². The third kappa shape index (κ3) is 5.58. The fraction of sp³-hybridized carbons (Fsp3) is 0.440. The maximum Gasteiger partial charge on any atom is 0.260 e. The van der Waals surface area contributed by atoms with Gasteiger partial charge in [0.15, 0.2) is 5.13 Å². The molecule has 1 aromatic heterocycles. The van der Waals surface area contributed by atoms with Gasteiger partial charge in [0, 0.05) is 49.9 Å². The lowest BCUT2D eigenvalue weighted by Crippen LogP contribution is -2.39. The Labute approximate surface area is 220 Å². The fourth-order valence-corrected chi connectivity index (χ4v) is 7.35. The van der Waals surface area contributed by atoms with Crippen LogP contribution in [-0.2, 0) is 14.8 Å². The molecule has 8 nitrogen and oxygen atoms in total. The molecule has 3 heterocycles. The van der Waals surface area contributed by atoms with Gasteiger partial charge in [-0.05, 0) is 61.7 Å². The maximum absolute atomic E-state index is 13.7. The zero-order valence-electron chi connectivity index (χ0n) is 19.9. The largest absolute Gasteiger partial charge is 0.379 e. The Morgan fingerprint density at radius 2 is 1.78 bits per heavy atom. The average molecular weight is 549 g/mol. The number of nitrogens with zero attached hydrogens (tertiary/aromatic N) is 4. The van der Waals surface area contributed by atoms with Gasteiger partial charge in [0.2, 0.25) is 10.0 Å². The van der Waals surface area contributed by atoms with E-state index in [9.17, 15) is 13.2 Å². The van der Waals surface area contributed by atoms with Crippen molar-refractivity contribution in [1.82, 2.24) is 14.2 Å². The summed E-state index contributed by atoms with van der Waals surface area (Å²) in [5.41, 5.74) is 1.22. The summed E-state index contributed by atoms with van der Waals surface area (Å²) < 4.78 is 33.6. The van der Waals surface area contributed by atoms with Crippen LogP contribution in [0.2, 0.25) is 5.02 Å². The van der Waals surface area contributed by atoms with Crippen LogP contribution < -0.4 is 4.90 Å². The molecule has 0 N–H and O–H groups in total. The van der Waals surface area contributed by atoms with Gasteiger partial charge in [0.25, 0.3) is 5.91 Å². The lowest BCUT2D eigenvalue weighted by atomic mass is 10.2. The first-order chi connectivity index (χ1) is 17.4. The Kier molecular flexibility index (Phi) is 7.90. The van der Waals surface area contributed by atoms with Crippen molar-refractivity contribution in [3.05, 3.63) is 53.1 Å². The number of sulfonamides is 1. The number of carbonyl (C=O) groups excluding carboxylic acids is 1. The second-order valence-electron chi connectivity index (χ2n) is 9.01. The molecule has 36 heavy (non-hydrogen) atoms. The van der Waals surface area contributed by atoms with E-state index in [0.29, 0.717) is 35.4 Å². The van der Waals surface area contributed by atoms with Crippen LogP contribution in [0.3, 0.4) is 0 Å². The Bertz CT molecular complexity index is 1320. The van der Waals surface area contributed by atoms with E-state index >= 15 is 0 Å². The molecule has 2 aliphatic heterocycles. The summed E-state index contributed by atoms with van der Waals surface area (Å²) in [5.74, 6) is -0.202. The van der Waals surface area contributed by atoms with E-state index in [2.05, 4.69) is 4.90 Å². The fourth-order valence-electron chi connectivity index (χ4n) is 4.57. The second kappa shape index (κ2) is 11.1. The molecule has 0 bridgehead atoms. The van der Waals surface area contributed by atoms with Crippen LogP contribution in [0.1, 0.15) is 29.6 Å².